The highest BCUT2D eigenvalue weighted by Gasteiger charge is 2.24. The van der Waals surface area contributed by atoms with Crippen LogP contribution in [0.1, 0.15) is 56.0 Å². The molecule has 8 heteroatoms. The third-order valence-corrected chi connectivity index (χ3v) is 3.84. The predicted octanol–water partition coefficient (Wildman–Crippen LogP) is 3.45. The minimum absolute atomic E-state index is 0.103. The van der Waals surface area contributed by atoms with Crippen LogP contribution in [0, 0.1) is 0 Å². The fourth-order valence-corrected chi connectivity index (χ4v) is 2.38. The largest absolute Gasteiger partial charge is 0.508 e. The molecule has 0 aliphatic carbocycles. The van der Waals surface area contributed by atoms with Gasteiger partial charge in [-0.2, -0.15) is 0 Å². The van der Waals surface area contributed by atoms with E-state index >= 15 is 0 Å². The minimum Gasteiger partial charge on any atom is -0.508 e. The Bertz CT molecular complexity index is 808. The number of halogens is 1. The molecular formula is C22H29FO7. The summed E-state index contributed by atoms with van der Waals surface area (Å²) in [5.41, 5.74) is -0.778. The van der Waals surface area contributed by atoms with Gasteiger partial charge in [0, 0.05) is 6.07 Å². The van der Waals surface area contributed by atoms with Crippen molar-refractivity contribution in [3.8, 4) is 11.5 Å². The molecule has 30 heavy (non-hydrogen) atoms. The van der Waals surface area contributed by atoms with Gasteiger partial charge in [-0.25, -0.2) is 14.0 Å². The number of unbranched alkanes of at least 4 members (excludes halogenated alkanes) is 1. The summed E-state index contributed by atoms with van der Waals surface area (Å²) in [5, 5.41) is 39.4. The number of methoxy groups -OCH3 is 1. The lowest BCUT2D eigenvalue weighted by Gasteiger charge is -2.16. The molecule has 0 bridgehead atoms. The Hall–Kier alpha value is -2.93. The first-order valence-corrected chi connectivity index (χ1v) is 9.54. The van der Waals surface area contributed by atoms with Crippen LogP contribution >= 0.6 is 0 Å². The van der Waals surface area contributed by atoms with Crippen molar-refractivity contribution >= 4 is 18.0 Å². The molecule has 2 unspecified atom stereocenters. The Balaban J connectivity index is 0.00000407. The first-order valence-electron chi connectivity index (χ1n) is 9.54. The van der Waals surface area contributed by atoms with Gasteiger partial charge in [0.25, 0.3) is 0 Å². The molecule has 0 spiro atoms. The minimum atomic E-state index is -1.80. The summed E-state index contributed by atoms with van der Waals surface area (Å²) in [4.78, 5) is 22.7. The lowest BCUT2D eigenvalue weighted by atomic mass is 10.00. The fourth-order valence-electron chi connectivity index (χ4n) is 2.38. The number of aliphatic hydroxyl groups is 2. The molecule has 166 valence electrons. The SMILES string of the molecule is CC.CCC/C=C(/F)C(=C=O)C(O)C(O)C/C=C/c1cc(O)cc(O)c1C(=O)OC. The molecule has 1 aromatic rings. The van der Waals surface area contributed by atoms with E-state index in [1.165, 1.54) is 24.2 Å². The third-order valence-electron chi connectivity index (χ3n) is 3.84. The summed E-state index contributed by atoms with van der Waals surface area (Å²) in [6, 6.07) is 2.16. The number of phenolic OH excluding ortho intramolecular Hbond substituents is 2. The van der Waals surface area contributed by atoms with E-state index < -0.39 is 35.3 Å². The van der Waals surface area contributed by atoms with E-state index in [1.807, 2.05) is 20.8 Å². The van der Waals surface area contributed by atoms with Crippen molar-refractivity contribution in [2.75, 3.05) is 7.11 Å². The highest BCUT2D eigenvalue weighted by Crippen LogP contribution is 2.29. The van der Waals surface area contributed by atoms with Crippen LogP contribution in [0.4, 0.5) is 4.39 Å². The van der Waals surface area contributed by atoms with Crippen LogP contribution in [0.2, 0.25) is 0 Å². The summed E-state index contributed by atoms with van der Waals surface area (Å²) >= 11 is 0. The monoisotopic (exact) mass is 424 g/mol. The Kier molecular flexibility index (Phi) is 12.7. The number of hydrogen-bond donors (Lipinski definition) is 4. The van der Waals surface area contributed by atoms with Gasteiger partial charge in [0.05, 0.1) is 13.2 Å². The van der Waals surface area contributed by atoms with Gasteiger partial charge >= 0.3 is 5.97 Å². The molecule has 1 aromatic carbocycles. The van der Waals surface area contributed by atoms with Crippen LogP contribution in [-0.4, -0.2) is 51.7 Å². The second-order valence-corrected chi connectivity index (χ2v) is 5.93. The van der Waals surface area contributed by atoms with Crippen LogP contribution in [0.3, 0.4) is 0 Å². The molecule has 0 aliphatic heterocycles. The lowest BCUT2D eigenvalue weighted by Crippen LogP contribution is -2.28. The van der Waals surface area contributed by atoms with E-state index in [0.717, 1.165) is 19.3 Å². The zero-order valence-corrected chi connectivity index (χ0v) is 17.6. The van der Waals surface area contributed by atoms with Crippen molar-refractivity contribution in [1.82, 2.24) is 0 Å². The van der Waals surface area contributed by atoms with Crippen LogP contribution in [0.25, 0.3) is 6.08 Å². The topological polar surface area (TPSA) is 124 Å². The summed E-state index contributed by atoms with van der Waals surface area (Å²) in [7, 11) is 1.12. The molecule has 1 rings (SSSR count). The molecule has 4 N–H and O–H groups in total. The average molecular weight is 424 g/mol. The molecular weight excluding hydrogens is 395 g/mol. The van der Waals surface area contributed by atoms with Crippen LogP contribution in [0.5, 0.6) is 11.5 Å². The summed E-state index contributed by atoms with van der Waals surface area (Å²) in [6.45, 7) is 5.81. The number of hydrogen-bond acceptors (Lipinski definition) is 7. The Morgan fingerprint density at radius 1 is 1.27 bits per heavy atom. The second-order valence-electron chi connectivity index (χ2n) is 5.93. The Labute approximate surface area is 175 Å². The van der Waals surface area contributed by atoms with Gasteiger partial charge in [0.15, 0.2) is 0 Å². The van der Waals surface area contributed by atoms with Crippen LogP contribution in [-0.2, 0) is 9.53 Å². The average Bonchev–Trinajstić information content (AvgIpc) is 2.73. The molecule has 0 radical (unpaired) electrons. The number of phenols is 2. The maximum atomic E-state index is 13.9. The zero-order valence-electron chi connectivity index (χ0n) is 17.6. The van der Waals surface area contributed by atoms with Crippen molar-refractivity contribution in [1.29, 1.82) is 0 Å². The molecule has 0 saturated carbocycles. The van der Waals surface area contributed by atoms with Gasteiger partial charge in [-0.3, -0.25) is 0 Å². The number of aliphatic hydroxyl groups excluding tert-OH is 2. The van der Waals surface area contributed by atoms with Gasteiger partial charge in [-0.15, -0.1) is 0 Å². The molecule has 0 saturated heterocycles. The van der Waals surface area contributed by atoms with E-state index in [4.69, 9.17) is 0 Å². The van der Waals surface area contributed by atoms with Gasteiger partial charge in [0.2, 0.25) is 0 Å². The number of carbonyl (C=O) groups is 1. The van der Waals surface area contributed by atoms with Crippen molar-refractivity contribution in [3.63, 3.8) is 0 Å². The van der Waals surface area contributed by atoms with Crippen LogP contribution in [0.15, 0.2) is 35.7 Å². The molecule has 0 heterocycles. The number of benzene rings is 1. The first-order chi connectivity index (χ1) is 14.3. The van der Waals surface area contributed by atoms with Crippen molar-refractivity contribution < 1.29 is 39.1 Å². The zero-order chi connectivity index (χ0) is 23.3. The maximum absolute atomic E-state index is 13.9. The fraction of sp³-hybridized carbons (Fsp3) is 0.409. The van der Waals surface area contributed by atoms with Crippen LogP contribution < -0.4 is 0 Å². The number of esters is 1. The quantitative estimate of drug-likeness (QED) is 0.272. The molecule has 7 nitrogen and oxygen atoms in total. The van der Waals surface area contributed by atoms with E-state index in [-0.39, 0.29) is 23.3 Å². The van der Waals surface area contributed by atoms with Gasteiger partial charge < -0.3 is 25.2 Å². The first kappa shape index (κ1) is 27.1. The number of ether oxygens (including phenoxy) is 1. The maximum Gasteiger partial charge on any atom is 0.342 e. The van der Waals surface area contributed by atoms with Gasteiger partial charge in [0.1, 0.15) is 40.5 Å². The summed E-state index contributed by atoms with van der Waals surface area (Å²) in [6.07, 6.45) is 1.21. The second kappa shape index (κ2) is 14.1. The molecule has 0 aliphatic rings. The van der Waals surface area contributed by atoms with E-state index in [2.05, 4.69) is 4.74 Å². The number of carbonyl (C=O) groups excluding carboxylic acids is 2. The van der Waals surface area contributed by atoms with E-state index in [9.17, 15) is 34.4 Å². The van der Waals surface area contributed by atoms with Crippen molar-refractivity contribution in [3.05, 3.63) is 46.8 Å². The molecule has 0 aromatic heterocycles. The number of rotatable bonds is 9. The predicted molar refractivity (Wildman–Crippen MR) is 111 cm³/mol. The molecule has 0 fully saturated rings. The lowest BCUT2D eigenvalue weighted by molar-refractivity contribution is 0.0447. The Morgan fingerprint density at radius 3 is 2.43 bits per heavy atom. The van der Waals surface area contributed by atoms with Crippen molar-refractivity contribution in [2.24, 2.45) is 0 Å². The molecule has 2 atom stereocenters. The van der Waals surface area contributed by atoms with Gasteiger partial charge in [-0.05, 0) is 30.5 Å². The summed E-state index contributed by atoms with van der Waals surface area (Å²) in [5.74, 6) is -1.28. The standard InChI is InChI=1S/C20H23FO7.C2H6/c1-3-4-7-15(21)14(11-22)19(26)16(24)8-5-6-12-9-13(23)10-17(25)18(12)20(27)28-2;1-2/h5-7,9-10,16,19,23-26H,3-4,8H2,1-2H3;1-2H3/b6-5+,15-7+;. The number of aromatic hydroxyl groups is 2. The van der Waals surface area contributed by atoms with E-state index in [1.54, 1.807) is 0 Å². The highest BCUT2D eigenvalue weighted by atomic mass is 19.1. The number of allylic oxidation sites excluding steroid dienone is 1. The van der Waals surface area contributed by atoms with Gasteiger partial charge in [-0.1, -0.05) is 39.3 Å². The van der Waals surface area contributed by atoms with Crippen molar-refractivity contribution in [2.45, 2.75) is 52.2 Å². The normalized spacial score (nSPS) is 13.1. The molecule has 0 amide bonds. The third kappa shape index (κ3) is 7.83. The van der Waals surface area contributed by atoms with E-state index in [0.29, 0.717) is 12.8 Å². The smallest absolute Gasteiger partial charge is 0.342 e. The summed E-state index contributed by atoms with van der Waals surface area (Å²) < 4.78 is 18.5. The Morgan fingerprint density at radius 2 is 1.90 bits per heavy atom. The highest BCUT2D eigenvalue weighted by molar-refractivity contribution is 5.96.